The van der Waals surface area contributed by atoms with Gasteiger partial charge >= 0.3 is 0 Å². The number of carbonyl (C=O) groups excluding carboxylic acids is 2. The van der Waals surface area contributed by atoms with Crippen molar-refractivity contribution in [2.45, 2.75) is 39.5 Å². The molecule has 1 aliphatic rings. The third-order valence-corrected chi connectivity index (χ3v) is 5.13. The summed E-state index contributed by atoms with van der Waals surface area (Å²) in [5.74, 6) is -0.130. The standard InChI is InChI=1S/C18H30N4O3S/c1-3-4-6-17(24)22(8-5-7-21-9-11-25-12-10-21)14-16(23)20-18-19-13-15(2)26-18/h13H,3-12,14H2,1-2H3,(H,19,20,23). The molecule has 1 saturated heterocycles. The number of aryl methyl sites for hydroxylation is 1. The van der Waals surface area contributed by atoms with Crippen molar-refractivity contribution in [2.24, 2.45) is 0 Å². The first-order chi connectivity index (χ1) is 12.6. The van der Waals surface area contributed by atoms with E-state index in [0.29, 0.717) is 18.1 Å². The minimum atomic E-state index is -0.185. The number of anilines is 1. The van der Waals surface area contributed by atoms with Gasteiger partial charge in [-0.1, -0.05) is 13.3 Å². The largest absolute Gasteiger partial charge is 0.379 e. The maximum absolute atomic E-state index is 12.5. The summed E-state index contributed by atoms with van der Waals surface area (Å²) in [6.45, 7) is 9.04. The van der Waals surface area contributed by atoms with Crippen molar-refractivity contribution in [3.63, 3.8) is 0 Å². The van der Waals surface area contributed by atoms with Crippen LogP contribution in [-0.2, 0) is 14.3 Å². The van der Waals surface area contributed by atoms with Gasteiger partial charge in [0.1, 0.15) is 0 Å². The third-order valence-electron chi connectivity index (χ3n) is 4.31. The van der Waals surface area contributed by atoms with Gasteiger partial charge in [-0.05, 0) is 19.8 Å². The summed E-state index contributed by atoms with van der Waals surface area (Å²) in [5, 5.41) is 3.38. The summed E-state index contributed by atoms with van der Waals surface area (Å²) in [6.07, 6.45) is 4.91. The van der Waals surface area contributed by atoms with E-state index in [2.05, 4.69) is 22.1 Å². The molecule has 26 heavy (non-hydrogen) atoms. The van der Waals surface area contributed by atoms with Crippen LogP contribution < -0.4 is 5.32 Å². The Morgan fingerprint density at radius 1 is 1.35 bits per heavy atom. The number of amides is 2. The highest BCUT2D eigenvalue weighted by molar-refractivity contribution is 7.15. The molecular formula is C18H30N4O3S. The zero-order valence-corrected chi connectivity index (χ0v) is 16.6. The van der Waals surface area contributed by atoms with Crippen LogP contribution >= 0.6 is 11.3 Å². The average Bonchev–Trinajstić information content (AvgIpc) is 3.04. The second kappa shape index (κ2) is 11.3. The van der Waals surface area contributed by atoms with E-state index >= 15 is 0 Å². The molecule has 1 aromatic heterocycles. The summed E-state index contributed by atoms with van der Waals surface area (Å²) < 4.78 is 5.36. The van der Waals surface area contributed by atoms with Crippen LogP contribution in [0.15, 0.2) is 6.20 Å². The fourth-order valence-electron chi connectivity index (χ4n) is 2.83. The second-order valence-corrected chi connectivity index (χ2v) is 7.79. The molecule has 1 N–H and O–H groups in total. The SMILES string of the molecule is CCCCC(=O)N(CCCN1CCOCC1)CC(=O)Nc1ncc(C)s1. The maximum Gasteiger partial charge on any atom is 0.245 e. The summed E-state index contributed by atoms with van der Waals surface area (Å²) in [4.78, 5) is 34.0. The molecule has 146 valence electrons. The number of rotatable bonds is 10. The lowest BCUT2D eigenvalue weighted by atomic mass is 10.2. The number of ether oxygens (including phenoxy) is 1. The molecule has 0 atom stereocenters. The molecule has 0 radical (unpaired) electrons. The van der Waals surface area contributed by atoms with E-state index in [4.69, 9.17) is 4.74 Å². The van der Waals surface area contributed by atoms with Crippen LogP contribution in [0, 0.1) is 6.92 Å². The van der Waals surface area contributed by atoms with Crippen LogP contribution in [0.3, 0.4) is 0 Å². The lowest BCUT2D eigenvalue weighted by molar-refractivity contribution is -0.134. The Bertz CT molecular complexity index is 573. The van der Waals surface area contributed by atoms with E-state index in [1.165, 1.54) is 11.3 Å². The van der Waals surface area contributed by atoms with Crippen molar-refractivity contribution in [1.82, 2.24) is 14.8 Å². The molecule has 1 aliphatic heterocycles. The topological polar surface area (TPSA) is 74.8 Å². The number of hydrogen-bond donors (Lipinski definition) is 1. The minimum absolute atomic E-state index is 0.0549. The fourth-order valence-corrected chi connectivity index (χ4v) is 3.51. The molecule has 7 nitrogen and oxygen atoms in total. The van der Waals surface area contributed by atoms with Gasteiger partial charge in [0, 0.05) is 43.7 Å². The first-order valence-corrected chi connectivity index (χ1v) is 10.2. The van der Waals surface area contributed by atoms with Crippen molar-refractivity contribution >= 4 is 28.3 Å². The number of nitrogens with one attached hydrogen (secondary N) is 1. The molecule has 1 fully saturated rings. The lowest BCUT2D eigenvalue weighted by Crippen LogP contribution is -2.41. The number of morpholine rings is 1. The molecule has 1 aromatic rings. The van der Waals surface area contributed by atoms with Gasteiger partial charge in [0.25, 0.3) is 0 Å². The smallest absolute Gasteiger partial charge is 0.245 e. The lowest BCUT2D eigenvalue weighted by Gasteiger charge is -2.28. The van der Waals surface area contributed by atoms with E-state index in [9.17, 15) is 9.59 Å². The summed E-state index contributed by atoms with van der Waals surface area (Å²) in [6, 6.07) is 0. The highest BCUT2D eigenvalue weighted by Gasteiger charge is 2.18. The van der Waals surface area contributed by atoms with Crippen molar-refractivity contribution in [1.29, 1.82) is 0 Å². The molecule has 0 aromatic carbocycles. The molecule has 0 saturated carbocycles. The van der Waals surface area contributed by atoms with Gasteiger partial charge in [0.15, 0.2) is 5.13 Å². The Labute approximate surface area is 159 Å². The molecule has 2 amide bonds. The Morgan fingerprint density at radius 3 is 2.77 bits per heavy atom. The van der Waals surface area contributed by atoms with Crippen LogP contribution in [0.5, 0.6) is 0 Å². The Kier molecular flexibility index (Phi) is 9.00. The summed E-state index contributed by atoms with van der Waals surface area (Å²) in [5.41, 5.74) is 0. The van der Waals surface area contributed by atoms with Crippen molar-refractivity contribution in [2.75, 3.05) is 51.3 Å². The van der Waals surface area contributed by atoms with Gasteiger partial charge in [0.05, 0.1) is 19.8 Å². The predicted molar refractivity (Wildman–Crippen MR) is 103 cm³/mol. The molecule has 2 heterocycles. The van der Waals surface area contributed by atoms with Crippen LogP contribution in [-0.4, -0.2) is 72.5 Å². The zero-order valence-electron chi connectivity index (χ0n) is 15.8. The minimum Gasteiger partial charge on any atom is -0.379 e. The quantitative estimate of drug-likeness (QED) is 0.671. The molecule has 2 rings (SSSR count). The van der Waals surface area contributed by atoms with E-state index in [0.717, 1.165) is 57.0 Å². The van der Waals surface area contributed by atoms with E-state index < -0.39 is 0 Å². The highest BCUT2D eigenvalue weighted by atomic mass is 32.1. The average molecular weight is 383 g/mol. The van der Waals surface area contributed by atoms with Crippen molar-refractivity contribution in [3.8, 4) is 0 Å². The number of aromatic nitrogens is 1. The van der Waals surface area contributed by atoms with Gasteiger partial charge in [-0.2, -0.15) is 0 Å². The molecule has 0 aliphatic carbocycles. The Morgan fingerprint density at radius 2 is 2.12 bits per heavy atom. The van der Waals surface area contributed by atoms with Crippen LogP contribution in [0.25, 0.3) is 0 Å². The molecular weight excluding hydrogens is 352 g/mol. The highest BCUT2D eigenvalue weighted by Crippen LogP contribution is 2.16. The van der Waals surface area contributed by atoms with Crippen LogP contribution in [0.1, 0.15) is 37.5 Å². The Balaban J connectivity index is 1.82. The predicted octanol–water partition coefficient (Wildman–Crippen LogP) is 2.13. The van der Waals surface area contributed by atoms with E-state index in [-0.39, 0.29) is 18.4 Å². The number of carbonyl (C=O) groups is 2. The monoisotopic (exact) mass is 382 g/mol. The van der Waals surface area contributed by atoms with E-state index in [1.807, 2.05) is 6.92 Å². The Hall–Kier alpha value is -1.51. The third kappa shape index (κ3) is 7.39. The summed E-state index contributed by atoms with van der Waals surface area (Å²) >= 11 is 1.44. The molecule has 0 spiro atoms. The van der Waals surface area contributed by atoms with Crippen LogP contribution in [0.4, 0.5) is 5.13 Å². The van der Waals surface area contributed by atoms with Gasteiger partial charge < -0.3 is 15.0 Å². The second-order valence-electron chi connectivity index (χ2n) is 6.55. The van der Waals surface area contributed by atoms with Crippen LogP contribution in [0.2, 0.25) is 0 Å². The van der Waals surface area contributed by atoms with Crippen molar-refractivity contribution in [3.05, 3.63) is 11.1 Å². The molecule has 0 bridgehead atoms. The zero-order chi connectivity index (χ0) is 18.8. The first-order valence-electron chi connectivity index (χ1n) is 9.38. The van der Waals surface area contributed by atoms with Gasteiger partial charge in [-0.15, -0.1) is 11.3 Å². The van der Waals surface area contributed by atoms with E-state index in [1.54, 1.807) is 11.1 Å². The molecule has 0 unspecified atom stereocenters. The van der Waals surface area contributed by atoms with Gasteiger partial charge in [-0.25, -0.2) is 4.98 Å². The first kappa shape index (κ1) is 20.8. The van der Waals surface area contributed by atoms with Crippen molar-refractivity contribution < 1.29 is 14.3 Å². The summed E-state index contributed by atoms with van der Waals surface area (Å²) in [7, 11) is 0. The normalized spacial score (nSPS) is 15.0. The van der Waals surface area contributed by atoms with Gasteiger partial charge in [0.2, 0.25) is 11.8 Å². The van der Waals surface area contributed by atoms with Gasteiger partial charge in [-0.3, -0.25) is 14.5 Å². The number of nitrogens with zero attached hydrogens (tertiary/aromatic N) is 3. The number of unbranched alkanes of at least 4 members (excludes halogenated alkanes) is 1. The number of hydrogen-bond acceptors (Lipinski definition) is 6. The fraction of sp³-hybridized carbons (Fsp3) is 0.722. The molecule has 8 heteroatoms. The maximum atomic E-state index is 12.5. The number of thiazole rings is 1.